The highest BCUT2D eigenvalue weighted by atomic mass is 16.6. The Morgan fingerprint density at radius 2 is 1.38 bits per heavy atom. The Hall–Kier alpha value is -2.74. The molecule has 2 rings (SSSR count). The minimum atomic E-state index is -0.870. The summed E-state index contributed by atoms with van der Waals surface area (Å²) >= 11 is 0. The van der Waals surface area contributed by atoms with E-state index in [0.717, 1.165) is 0 Å². The van der Waals surface area contributed by atoms with Crippen molar-refractivity contribution in [1.29, 1.82) is 0 Å². The molecule has 0 bridgehead atoms. The van der Waals surface area contributed by atoms with Gasteiger partial charge in [-0.15, -0.1) is 0 Å². The van der Waals surface area contributed by atoms with Crippen molar-refractivity contribution in [2.45, 2.75) is 25.7 Å². The molecule has 1 saturated carbocycles. The first-order valence-corrected chi connectivity index (χ1v) is 8.29. The molecule has 8 nitrogen and oxygen atoms in total. The number of hydrogen-bond acceptors (Lipinski definition) is 7. The molecule has 0 aromatic heterocycles. The third-order valence-electron chi connectivity index (χ3n) is 4.28. The molecular formula is C18H20O8. The molecule has 0 atom stereocenters. The van der Waals surface area contributed by atoms with Crippen LogP contribution in [0.4, 0.5) is 0 Å². The van der Waals surface area contributed by atoms with Gasteiger partial charge in [0.1, 0.15) is 6.61 Å². The van der Waals surface area contributed by atoms with Crippen molar-refractivity contribution in [3.63, 3.8) is 0 Å². The van der Waals surface area contributed by atoms with Crippen LogP contribution in [0.15, 0.2) is 24.3 Å². The molecule has 0 saturated heterocycles. The average molecular weight is 364 g/mol. The Morgan fingerprint density at radius 1 is 0.885 bits per heavy atom. The van der Waals surface area contributed by atoms with Crippen molar-refractivity contribution in [2.75, 3.05) is 13.2 Å². The normalized spacial score (nSPS) is 19.4. The van der Waals surface area contributed by atoms with Gasteiger partial charge in [-0.2, -0.15) is 0 Å². The summed E-state index contributed by atoms with van der Waals surface area (Å²) < 4.78 is 9.61. The van der Waals surface area contributed by atoms with E-state index in [1.165, 1.54) is 24.3 Å². The first-order valence-electron chi connectivity index (χ1n) is 8.29. The summed E-state index contributed by atoms with van der Waals surface area (Å²) in [5.74, 6) is -3.93. The minimum absolute atomic E-state index is 0.108. The van der Waals surface area contributed by atoms with Gasteiger partial charge in [0, 0.05) is 0 Å². The highest BCUT2D eigenvalue weighted by molar-refractivity contribution is 5.98. The Bertz CT molecular complexity index is 671. The first kappa shape index (κ1) is 19.6. The number of carboxylic acid groups (broad SMARTS) is 1. The lowest BCUT2D eigenvalue weighted by Crippen LogP contribution is -2.28. The van der Waals surface area contributed by atoms with E-state index >= 15 is 0 Å². The lowest BCUT2D eigenvalue weighted by Gasteiger charge is -2.24. The maximum Gasteiger partial charge on any atom is 0.345 e. The number of ether oxygens (including phenoxy) is 2. The summed E-state index contributed by atoms with van der Waals surface area (Å²) in [6.07, 6.45) is 1.51. The van der Waals surface area contributed by atoms with Crippen LogP contribution in [0, 0.1) is 11.8 Å². The number of carbonyl (C=O) groups excluding carboxylic acids is 3. The molecule has 0 heterocycles. The molecule has 8 heteroatoms. The second-order valence-electron chi connectivity index (χ2n) is 6.03. The monoisotopic (exact) mass is 364 g/mol. The quantitative estimate of drug-likeness (QED) is 0.573. The van der Waals surface area contributed by atoms with Crippen LogP contribution < -0.4 is 0 Å². The number of aliphatic carboxylic acids is 1. The SMILES string of the molecule is O=C(OCCO)c1ccc(C(=O)OC(=O)C2CCC(C(=O)O)CC2)cc1. The molecule has 2 N–H and O–H groups in total. The predicted octanol–water partition coefficient (Wildman–Crippen LogP) is 1.41. The van der Waals surface area contributed by atoms with E-state index in [9.17, 15) is 19.2 Å². The van der Waals surface area contributed by atoms with Gasteiger partial charge >= 0.3 is 23.9 Å². The molecule has 0 radical (unpaired) electrons. The second-order valence-corrected chi connectivity index (χ2v) is 6.03. The average Bonchev–Trinajstić information content (AvgIpc) is 2.66. The van der Waals surface area contributed by atoms with Crippen molar-refractivity contribution in [1.82, 2.24) is 0 Å². The zero-order valence-electron chi connectivity index (χ0n) is 14.1. The van der Waals surface area contributed by atoms with Crippen molar-refractivity contribution in [3.8, 4) is 0 Å². The molecule has 1 aliphatic carbocycles. The van der Waals surface area contributed by atoms with Gasteiger partial charge in [0.2, 0.25) is 0 Å². The van der Waals surface area contributed by atoms with Gasteiger partial charge in [-0.1, -0.05) is 0 Å². The van der Waals surface area contributed by atoms with E-state index in [2.05, 4.69) is 0 Å². The molecule has 1 aromatic rings. The van der Waals surface area contributed by atoms with Crippen LogP contribution in [0.25, 0.3) is 0 Å². The summed E-state index contributed by atoms with van der Waals surface area (Å²) in [5.41, 5.74) is 0.310. The molecule has 26 heavy (non-hydrogen) atoms. The maximum atomic E-state index is 12.1. The molecule has 0 amide bonds. The van der Waals surface area contributed by atoms with Gasteiger partial charge in [0.15, 0.2) is 0 Å². The minimum Gasteiger partial charge on any atom is -0.481 e. The molecule has 1 aromatic carbocycles. The van der Waals surface area contributed by atoms with Crippen LogP contribution in [0.5, 0.6) is 0 Å². The lowest BCUT2D eigenvalue weighted by molar-refractivity contribution is -0.148. The number of esters is 3. The van der Waals surface area contributed by atoms with Gasteiger partial charge in [-0.3, -0.25) is 9.59 Å². The van der Waals surface area contributed by atoms with E-state index < -0.39 is 35.7 Å². The Kier molecular flexibility index (Phi) is 6.85. The third-order valence-corrected chi connectivity index (χ3v) is 4.28. The molecule has 0 aliphatic heterocycles. The smallest absolute Gasteiger partial charge is 0.345 e. The Morgan fingerprint density at radius 3 is 1.88 bits per heavy atom. The summed E-state index contributed by atoms with van der Waals surface area (Å²) in [5, 5.41) is 17.6. The molecule has 1 aliphatic rings. The van der Waals surface area contributed by atoms with Gasteiger partial charge in [0.05, 0.1) is 29.6 Å². The van der Waals surface area contributed by atoms with Crippen molar-refractivity contribution < 1.29 is 38.9 Å². The number of aliphatic hydroxyl groups excluding tert-OH is 1. The van der Waals surface area contributed by atoms with Crippen molar-refractivity contribution in [2.24, 2.45) is 11.8 Å². The zero-order valence-corrected chi connectivity index (χ0v) is 14.1. The van der Waals surface area contributed by atoms with Crippen molar-refractivity contribution in [3.05, 3.63) is 35.4 Å². The number of aliphatic hydroxyl groups is 1. The van der Waals surface area contributed by atoms with E-state index in [0.29, 0.717) is 25.7 Å². The first-order chi connectivity index (χ1) is 12.4. The summed E-state index contributed by atoms with van der Waals surface area (Å²) in [6, 6.07) is 5.40. The lowest BCUT2D eigenvalue weighted by atomic mass is 9.82. The second kappa shape index (κ2) is 9.10. The van der Waals surface area contributed by atoms with Crippen LogP contribution in [0.2, 0.25) is 0 Å². The van der Waals surface area contributed by atoms with E-state index in [1.54, 1.807) is 0 Å². The van der Waals surface area contributed by atoms with Crippen LogP contribution in [-0.4, -0.2) is 47.3 Å². The Balaban J connectivity index is 1.88. The number of carboxylic acids is 1. The summed E-state index contributed by atoms with van der Waals surface area (Å²) in [4.78, 5) is 46.6. The highest BCUT2D eigenvalue weighted by Gasteiger charge is 2.31. The number of carbonyl (C=O) groups is 4. The van der Waals surface area contributed by atoms with Crippen LogP contribution in [0.3, 0.4) is 0 Å². The predicted molar refractivity (Wildman–Crippen MR) is 87.3 cm³/mol. The van der Waals surface area contributed by atoms with Gasteiger partial charge in [-0.05, 0) is 49.9 Å². The Labute approximate surface area is 149 Å². The standard InChI is InChI=1S/C18H20O8/c19-9-10-25-16(22)12-5-7-14(8-6-12)18(24)26-17(23)13-3-1-11(2-4-13)15(20)21/h5-8,11,13,19H,1-4,9-10H2,(H,20,21). The molecule has 140 valence electrons. The summed E-state index contributed by atoms with van der Waals surface area (Å²) in [6.45, 7) is -0.409. The fourth-order valence-electron chi connectivity index (χ4n) is 2.77. The van der Waals surface area contributed by atoms with Gasteiger partial charge in [0.25, 0.3) is 0 Å². The molecule has 0 spiro atoms. The largest absolute Gasteiger partial charge is 0.481 e. The third kappa shape index (κ3) is 5.13. The van der Waals surface area contributed by atoms with E-state index in [1.807, 2.05) is 0 Å². The topological polar surface area (TPSA) is 127 Å². The fourth-order valence-corrected chi connectivity index (χ4v) is 2.77. The molecule has 1 fully saturated rings. The number of rotatable bonds is 6. The van der Waals surface area contributed by atoms with E-state index in [-0.39, 0.29) is 24.3 Å². The van der Waals surface area contributed by atoms with Gasteiger partial charge < -0.3 is 19.7 Å². The molecule has 0 unspecified atom stereocenters. The zero-order chi connectivity index (χ0) is 19.1. The number of hydrogen-bond donors (Lipinski definition) is 2. The summed E-state index contributed by atoms with van der Waals surface area (Å²) in [7, 11) is 0. The van der Waals surface area contributed by atoms with Gasteiger partial charge in [-0.25, -0.2) is 9.59 Å². The van der Waals surface area contributed by atoms with Crippen molar-refractivity contribution >= 4 is 23.9 Å². The van der Waals surface area contributed by atoms with Crippen LogP contribution in [-0.2, 0) is 19.1 Å². The highest BCUT2D eigenvalue weighted by Crippen LogP contribution is 2.30. The van der Waals surface area contributed by atoms with E-state index in [4.69, 9.17) is 19.7 Å². The van der Waals surface area contributed by atoms with Crippen LogP contribution in [0.1, 0.15) is 46.4 Å². The fraction of sp³-hybridized carbons (Fsp3) is 0.444. The van der Waals surface area contributed by atoms with Crippen LogP contribution >= 0.6 is 0 Å². The maximum absolute atomic E-state index is 12.1. The molecular weight excluding hydrogens is 344 g/mol. The number of benzene rings is 1.